The van der Waals surface area contributed by atoms with Crippen molar-refractivity contribution in [2.45, 2.75) is 11.8 Å². The van der Waals surface area contributed by atoms with Crippen LogP contribution in [0, 0.1) is 0 Å². The maximum atomic E-state index is 12.9. The zero-order valence-electron chi connectivity index (χ0n) is 14.9. The second kappa shape index (κ2) is 7.20. The van der Waals surface area contributed by atoms with Gasteiger partial charge in [0.15, 0.2) is 5.65 Å². The quantitative estimate of drug-likeness (QED) is 0.623. The van der Waals surface area contributed by atoms with Gasteiger partial charge in [-0.1, -0.05) is 30.7 Å². The normalized spacial score (nSPS) is 16.8. The number of halogens is 1. The van der Waals surface area contributed by atoms with Crippen LogP contribution in [0.4, 0.5) is 0 Å². The van der Waals surface area contributed by atoms with Gasteiger partial charge in [0.2, 0.25) is 10.0 Å². The minimum atomic E-state index is -3.48. The van der Waals surface area contributed by atoms with Crippen LogP contribution in [0.15, 0.2) is 47.5 Å². The van der Waals surface area contributed by atoms with Crippen molar-refractivity contribution < 1.29 is 8.42 Å². The van der Waals surface area contributed by atoms with Crippen LogP contribution in [-0.2, 0) is 10.0 Å². The Labute approximate surface area is 163 Å². The maximum absolute atomic E-state index is 12.9. The Morgan fingerprint density at radius 1 is 1.07 bits per heavy atom. The van der Waals surface area contributed by atoms with E-state index in [1.165, 1.54) is 0 Å². The number of nitrogens with zero attached hydrogens (tertiary/aromatic N) is 5. The van der Waals surface area contributed by atoms with Gasteiger partial charge in [0.05, 0.1) is 16.8 Å². The Morgan fingerprint density at radius 3 is 2.44 bits per heavy atom. The van der Waals surface area contributed by atoms with Crippen molar-refractivity contribution in [1.29, 1.82) is 0 Å². The second-order valence-electron chi connectivity index (χ2n) is 6.43. The fraction of sp³-hybridized carbons (Fsp3) is 0.333. The number of rotatable bonds is 4. The standard InChI is InChI=1S/C18H20ClN5O2S/c1-2-22-9-11-23(12-10-22)27(25,26)15-5-3-14(4-6-15)16-13-17(19)24-18(21-16)7-8-20-24/h3-8,13H,2,9-12H2,1H3. The van der Waals surface area contributed by atoms with Gasteiger partial charge in [0, 0.05) is 43.9 Å². The Kier molecular flexibility index (Phi) is 4.90. The van der Waals surface area contributed by atoms with Crippen molar-refractivity contribution in [2.75, 3.05) is 32.7 Å². The van der Waals surface area contributed by atoms with Crippen molar-refractivity contribution in [1.82, 2.24) is 23.8 Å². The molecule has 0 aliphatic carbocycles. The number of hydrogen-bond acceptors (Lipinski definition) is 5. The van der Waals surface area contributed by atoms with Crippen LogP contribution in [0.5, 0.6) is 0 Å². The fourth-order valence-corrected chi connectivity index (χ4v) is 4.91. The topological polar surface area (TPSA) is 70.8 Å². The fourth-order valence-electron chi connectivity index (χ4n) is 3.26. The molecule has 0 N–H and O–H groups in total. The third kappa shape index (κ3) is 3.45. The number of hydrogen-bond donors (Lipinski definition) is 0. The monoisotopic (exact) mass is 405 g/mol. The lowest BCUT2D eigenvalue weighted by Gasteiger charge is -2.33. The van der Waals surface area contributed by atoms with Crippen LogP contribution in [0.1, 0.15) is 6.92 Å². The SMILES string of the molecule is CCN1CCN(S(=O)(=O)c2ccc(-c3cc(Cl)n4nccc4n3)cc2)CC1. The van der Waals surface area contributed by atoms with E-state index in [4.69, 9.17) is 11.6 Å². The van der Waals surface area contributed by atoms with Crippen LogP contribution in [0.25, 0.3) is 16.9 Å². The molecule has 0 amide bonds. The molecular weight excluding hydrogens is 386 g/mol. The van der Waals surface area contributed by atoms with Gasteiger partial charge in [0.1, 0.15) is 5.15 Å². The van der Waals surface area contributed by atoms with E-state index in [0.717, 1.165) is 25.2 Å². The molecule has 0 radical (unpaired) electrons. The van der Waals surface area contributed by atoms with Crippen molar-refractivity contribution in [2.24, 2.45) is 0 Å². The van der Waals surface area contributed by atoms with E-state index in [1.54, 1.807) is 51.4 Å². The first-order chi connectivity index (χ1) is 13.0. The molecule has 2 aromatic heterocycles. The summed E-state index contributed by atoms with van der Waals surface area (Å²) in [6, 6.07) is 10.3. The van der Waals surface area contributed by atoms with Gasteiger partial charge in [-0.05, 0) is 18.7 Å². The summed E-state index contributed by atoms with van der Waals surface area (Å²) in [5.41, 5.74) is 2.12. The first kappa shape index (κ1) is 18.4. The van der Waals surface area contributed by atoms with Crippen LogP contribution in [0.3, 0.4) is 0 Å². The average molecular weight is 406 g/mol. The largest absolute Gasteiger partial charge is 0.301 e. The third-order valence-electron chi connectivity index (χ3n) is 4.88. The summed E-state index contributed by atoms with van der Waals surface area (Å²) in [5.74, 6) is 0. The number of aromatic nitrogens is 3. The van der Waals surface area contributed by atoms with Gasteiger partial charge in [0.25, 0.3) is 0 Å². The van der Waals surface area contributed by atoms with Crippen LogP contribution < -0.4 is 0 Å². The Bertz CT molecular complexity index is 1060. The highest BCUT2D eigenvalue weighted by Crippen LogP contribution is 2.25. The number of likely N-dealkylation sites (N-methyl/N-ethyl adjacent to an activating group) is 1. The van der Waals surface area contributed by atoms with Crippen molar-refractivity contribution >= 4 is 27.3 Å². The summed E-state index contributed by atoms with van der Waals surface area (Å²) in [5, 5.41) is 4.55. The molecule has 0 bridgehead atoms. The highest BCUT2D eigenvalue weighted by molar-refractivity contribution is 7.89. The first-order valence-corrected chi connectivity index (χ1v) is 10.6. The molecule has 4 rings (SSSR count). The molecule has 0 saturated carbocycles. The molecule has 142 valence electrons. The van der Waals surface area contributed by atoms with Crippen LogP contribution in [-0.4, -0.2) is 64.9 Å². The first-order valence-electron chi connectivity index (χ1n) is 8.82. The Balaban J connectivity index is 1.59. The van der Waals surface area contributed by atoms with Gasteiger partial charge >= 0.3 is 0 Å². The van der Waals surface area contributed by atoms with E-state index in [1.807, 2.05) is 0 Å². The summed E-state index contributed by atoms with van der Waals surface area (Å²) in [4.78, 5) is 7.06. The predicted octanol–water partition coefficient (Wildman–Crippen LogP) is 2.38. The highest BCUT2D eigenvalue weighted by atomic mass is 35.5. The molecular formula is C18H20ClN5O2S. The van der Waals surface area contributed by atoms with Gasteiger partial charge in [-0.2, -0.15) is 9.40 Å². The molecule has 3 aromatic rings. The second-order valence-corrected chi connectivity index (χ2v) is 8.75. The minimum Gasteiger partial charge on any atom is -0.301 e. The summed E-state index contributed by atoms with van der Waals surface area (Å²) < 4.78 is 28.9. The molecule has 3 heterocycles. The summed E-state index contributed by atoms with van der Waals surface area (Å²) >= 11 is 6.24. The Morgan fingerprint density at radius 2 is 1.78 bits per heavy atom. The van der Waals surface area contributed by atoms with Crippen LogP contribution in [0.2, 0.25) is 5.15 Å². The van der Waals surface area contributed by atoms with Gasteiger partial charge in [-0.3, -0.25) is 0 Å². The zero-order valence-corrected chi connectivity index (χ0v) is 16.5. The van der Waals surface area contributed by atoms with Gasteiger partial charge in [-0.15, -0.1) is 0 Å². The average Bonchev–Trinajstić information content (AvgIpc) is 3.17. The molecule has 0 atom stereocenters. The molecule has 1 saturated heterocycles. The minimum absolute atomic E-state index is 0.299. The Hall–Kier alpha value is -2.00. The number of fused-ring (bicyclic) bond motifs is 1. The van der Waals surface area contributed by atoms with E-state index in [-0.39, 0.29) is 0 Å². The molecule has 1 aliphatic rings. The maximum Gasteiger partial charge on any atom is 0.243 e. The summed E-state index contributed by atoms with van der Waals surface area (Å²) in [7, 11) is -3.48. The lowest BCUT2D eigenvalue weighted by molar-refractivity contribution is 0.196. The number of benzene rings is 1. The summed E-state index contributed by atoms with van der Waals surface area (Å²) in [6.07, 6.45) is 1.63. The van der Waals surface area contributed by atoms with E-state index < -0.39 is 10.0 Å². The smallest absolute Gasteiger partial charge is 0.243 e. The third-order valence-corrected chi connectivity index (χ3v) is 7.06. The van der Waals surface area contributed by atoms with E-state index in [2.05, 4.69) is 21.9 Å². The molecule has 1 aromatic carbocycles. The van der Waals surface area contributed by atoms with Gasteiger partial charge in [-0.25, -0.2) is 17.9 Å². The molecule has 0 spiro atoms. The van der Waals surface area contributed by atoms with E-state index in [0.29, 0.717) is 34.5 Å². The van der Waals surface area contributed by atoms with Crippen molar-refractivity contribution in [3.8, 4) is 11.3 Å². The molecule has 1 fully saturated rings. The molecule has 9 heteroatoms. The highest BCUT2D eigenvalue weighted by Gasteiger charge is 2.27. The lowest BCUT2D eigenvalue weighted by Crippen LogP contribution is -2.48. The molecule has 0 unspecified atom stereocenters. The zero-order chi connectivity index (χ0) is 19.0. The number of sulfonamides is 1. The van der Waals surface area contributed by atoms with E-state index >= 15 is 0 Å². The molecule has 7 nitrogen and oxygen atoms in total. The molecule has 27 heavy (non-hydrogen) atoms. The van der Waals surface area contributed by atoms with Gasteiger partial charge < -0.3 is 4.90 Å². The molecule has 1 aliphatic heterocycles. The number of piperazine rings is 1. The lowest BCUT2D eigenvalue weighted by atomic mass is 10.1. The van der Waals surface area contributed by atoms with Crippen molar-refractivity contribution in [3.05, 3.63) is 47.7 Å². The van der Waals surface area contributed by atoms with Crippen molar-refractivity contribution in [3.63, 3.8) is 0 Å². The van der Waals surface area contributed by atoms with Crippen LogP contribution >= 0.6 is 11.6 Å². The van der Waals surface area contributed by atoms with E-state index in [9.17, 15) is 8.42 Å². The predicted molar refractivity (Wildman–Crippen MR) is 104 cm³/mol. The summed E-state index contributed by atoms with van der Waals surface area (Å²) in [6.45, 7) is 5.60.